The summed E-state index contributed by atoms with van der Waals surface area (Å²) in [5.41, 5.74) is 9.82. The molecule has 0 aliphatic heterocycles. The molecule has 240 valence electrons. The summed E-state index contributed by atoms with van der Waals surface area (Å²) in [6, 6.07) is 63.2. The summed E-state index contributed by atoms with van der Waals surface area (Å²) in [6.45, 7) is 1.74. The highest BCUT2D eigenvalue weighted by atomic mass is 31.1. The van der Waals surface area contributed by atoms with Crippen LogP contribution in [0, 0.1) is 0 Å². The van der Waals surface area contributed by atoms with E-state index >= 15 is 0 Å². The van der Waals surface area contributed by atoms with Crippen LogP contribution in [0.1, 0.15) is 36.8 Å². The molecule has 2 atom stereocenters. The molecule has 0 bridgehead atoms. The minimum atomic E-state index is -0.717. The van der Waals surface area contributed by atoms with E-state index in [2.05, 4.69) is 175 Å². The third-order valence-corrected chi connectivity index (χ3v) is 14.6. The van der Waals surface area contributed by atoms with Crippen LogP contribution in [0.4, 0.5) is 0 Å². The van der Waals surface area contributed by atoms with E-state index in [0.717, 1.165) is 25.9 Å². The molecule has 1 saturated carbocycles. The molecule has 6 aromatic rings. The summed E-state index contributed by atoms with van der Waals surface area (Å²) in [5, 5.41) is 8.40. The summed E-state index contributed by atoms with van der Waals surface area (Å²) < 4.78 is 0. The number of rotatable bonds is 11. The quantitative estimate of drug-likeness (QED) is 0.146. The number of hydrogen-bond donors (Lipinski definition) is 1. The van der Waals surface area contributed by atoms with Crippen molar-refractivity contribution in [3.05, 3.63) is 181 Å². The Hall–Kier alpha value is -3.90. The molecule has 0 amide bonds. The van der Waals surface area contributed by atoms with E-state index in [0.29, 0.717) is 6.04 Å². The molecule has 1 aliphatic rings. The van der Waals surface area contributed by atoms with Crippen LogP contribution in [0.15, 0.2) is 170 Å². The van der Waals surface area contributed by atoms with Crippen molar-refractivity contribution in [2.45, 2.75) is 50.9 Å². The minimum absolute atomic E-state index is 0.174. The molecule has 0 radical (unpaired) electrons. The van der Waals surface area contributed by atoms with Gasteiger partial charge in [-0.05, 0) is 71.6 Å². The second-order valence-electron chi connectivity index (χ2n) is 12.7. The Kier molecular flexibility index (Phi) is 10.9. The lowest BCUT2D eigenvalue weighted by Crippen LogP contribution is -2.49. The van der Waals surface area contributed by atoms with Crippen LogP contribution in [-0.2, 0) is 13.1 Å². The maximum absolute atomic E-state index is 7.01. The SMILES string of the molecule is N[C@@H]1CCCC[C@H]1N(Cc1ccccc1P(c1ccccc1)c1ccccc1)Cc1ccccc1P(c1ccccc1)c1ccccc1. The van der Waals surface area contributed by atoms with Crippen LogP contribution in [-0.4, -0.2) is 17.0 Å². The van der Waals surface area contributed by atoms with Gasteiger partial charge in [-0.2, -0.15) is 0 Å². The first kappa shape index (κ1) is 32.6. The molecule has 0 aromatic heterocycles. The van der Waals surface area contributed by atoms with Gasteiger partial charge in [-0.3, -0.25) is 4.90 Å². The van der Waals surface area contributed by atoms with Crippen molar-refractivity contribution < 1.29 is 0 Å². The van der Waals surface area contributed by atoms with Gasteiger partial charge in [0.05, 0.1) is 0 Å². The minimum Gasteiger partial charge on any atom is -0.326 e. The molecule has 4 heteroatoms. The van der Waals surface area contributed by atoms with Gasteiger partial charge in [-0.1, -0.05) is 183 Å². The Labute approximate surface area is 289 Å². The van der Waals surface area contributed by atoms with Crippen molar-refractivity contribution in [3.63, 3.8) is 0 Å². The average Bonchev–Trinajstić information content (AvgIpc) is 3.15. The third kappa shape index (κ3) is 7.54. The van der Waals surface area contributed by atoms with Crippen LogP contribution in [0.25, 0.3) is 0 Å². The molecule has 0 heterocycles. The monoisotopic (exact) mass is 662 g/mol. The van der Waals surface area contributed by atoms with Crippen LogP contribution in [0.5, 0.6) is 0 Å². The van der Waals surface area contributed by atoms with E-state index in [-0.39, 0.29) is 6.04 Å². The predicted molar refractivity (Wildman–Crippen MR) is 210 cm³/mol. The second kappa shape index (κ2) is 16.0. The zero-order valence-electron chi connectivity index (χ0n) is 27.5. The van der Waals surface area contributed by atoms with Crippen molar-refractivity contribution in [1.29, 1.82) is 0 Å². The largest absolute Gasteiger partial charge is 0.326 e. The lowest BCUT2D eigenvalue weighted by molar-refractivity contribution is 0.122. The summed E-state index contributed by atoms with van der Waals surface area (Å²) >= 11 is 0. The maximum Gasteiger partial charge on any atom is 0.0254 e. The Morgan fingerprint density at radius 3 is 1.15 bits per heavy atom. The highest BCUT2D eigenvalue weighted by Gasteiger charge is 2.30. The molecular weight excluding hydrogens is 618 g/mol. The predicted octanol–water partition coefficient (Wildman–Crippen LogP) is 7.48. The van der Waals surface area contributed by atoms with Gasteiger partial charge in [0, 0.05) is 25.2 Å². The summed E-state index contributed by atoms with van der Waals surface area (Å²) in [4.78, 5) is 2.73. The first-order valence-electron chi connectivity index (χ1n) is 17.2. The summed E-state index contributed by atoms with van der Waals surface area (Å²) in [5.74, 6) is 0. The lowest BCUT2D eigenvalue weighted by Gasteiger charge is -2.39. The molecule has 0 saturated heterocycles. The summed E-state index contributed by atoms with van der Waals surface area (Å²) in [7, 11) is -1.43. The fourth-order valence-electron chi connectivity index (χ4n) is 7.21. The maximum atomic E-state index is 7.01. The molecule has 0 spiro atoms. The molecular formula is C44H44N2P2. The van der Waals surface area contributed by atoms with E-state index in [1.54, 1.807) is 0 Å². The Morgan fingerprint density at radius 1 is 0.438 bits per heavy atom. The van der Waals surface area contributed by atoms with Gasteiger partial charge >= 0.3 is 0 Å². The normalized spacial score (nSPS) is 16.4. The van der Waals surface area contributed by atoms with Gasteiger partial charge < -0.3 is 5.73 Å². The fraction of sp³-hybridized carbons (Fsp3) is 0.182. The lowest BCUT2D eigenvalue weighted by atomic mass is 9.89. The summed E-state index contributed by atoms with van der Waals surface area (Å²) in [6.07, 6.45) is 4.69. The smallest absolute Gasteiger partial charge is 0.0254 e. The molecule has 2 nitrogen and oxygen atoms in total. The van der Waals surface area contributed by atoms with Crippen LogP contribution in [0.2, 0.25) is 0 Å². The molecule has 0 unspecified atom stereocenters. The van der Waals surface area contributed by atoms with Gasteiger partial charge in [0.1, 0.15) is 0 Å². The molecule has 1 fully saturated rings. The van der Waals surface area contributed by atoms with Gasteiger partial charge in [-0.15, -0.1) is 0 Å². The van der Waals surface area contributed by atoms with Crippen LogP contribution >= 0.6 is 15.8 Å². The average molecular weight is 663 g/mol. The van der Waals surface area contributed by atoms with Crippen molar-refractivity contribution >= 4 is 47.7 Å². The van der Waals surface area contributed by atoms with Crippen molar-refractivity contribution in [3.8, 4) is 0 Å². The number of nitrogens with two attached hydrogens (primary N) is 1. The zero-order valence-corrected chi connectivity index (χ0v) is 29.3. The molecule has 7 rings (SSSR count). The van der Waals surface area contributed by atoms with E-state index in [4.69, 9.17) is 5.73 Å². The van der Waals surface area contributed by atoms with Gasteiger partial charge in [0.2, 0.25) is 0 Å². The topological polar surface area (TPSA) is 29.3 Å². The first-order chi connectivity index (χ1) is 23.8. The van der Waals surface area contributed by atoms with E-state index < -0.39 is 15.8 Å². The Morgan fingerprint density at radius 2 is 0.771 bits per heavy atom. The van der Waals surface area contributed by atoms with Crippen LogP contribution in [0.3, 0.4) is 0 Å². The molecule has 6 aromatic carbocycles. The number of hydrogen-bond acceptors (Lipinski definition) is 2. The molecule has 1 aliphatic carbocycles. The van der Waals surface area contributed by atoms with E-state index in [1.165, 1.54) is 55.8 Å². The van der Waals surface area contributed by atoms with E-state index in [9.17, 15) is 0 Å². The molecule has 2 N–H and O–H groups in total. The third-order valence-electron chi connectivity index (χ3n) is 9.52. The van der Waals surface area contributed by atoms with Crippen molar-refractivity contribution in [1.82, 2.24) is 4.90 Å². The highest BCUT2D eigenvalue weighted by Crippen LogP contribution is 2.37. The van der Waals surface area contributed by atoms with Gasteiger partial charge in [0.25, 0.3) is 0 Å². The second-order valence-corrected chi connectivity index (χ2v) is 17.1. The number of nitrogens with zero attached hydrogens (tertiary/aromatic N) is 1. The molecule has 48 heavy (non-hydrogen) atoms. The van der Waals surface area contributed by atoms with Crippen molar-refractivity contribution in [2.24, 2.45) is 5.73 Å². The van der Waals surface area contributed by atoms with Gasteiger partial charge in [0.15, 0.2) is 0 Å². The fourth-order valence-corrected chi connectivity index (χ4v) is 12.1. The Bertz CT molecular complexity index is 1660. The highest BCUT2D eigenvalue weighted by molar-refractivity contribution is 7.80. The van der Waals surface area contributed by atoms with Crippen LogP contribution < -0.4 is 37.6 Å². The van der Waals surface area contributed by atoms with Gasteiger partial charge in [-0.25, -0.2) is 0 Å². The van der Waals surface area contributed by atoms with Crippen molar-refractivity contribution in [2.75, 3.05) is 0 Å². The standard InChI is InChI=1S/C44H44N2P2/c45-41-29-15-16-30-42(41)46(33-35-19-13-17-31-43(35)47(37-21-5-1-6-22-37)38-23-7-2-8-24-38)34-36-20-14-18-32-44(36)48(39-25-9-3-10-26-39)40-27-11-4-12-28-40/h1-14,17-28,31-32,41-42H,15-16,29-30,33-34,45H2/t41-,42-/m1/s1. The number of benzene rings is 6. The zero-order chi connectivity index (χ0) is 32.5. The first-order valence-corrected chi connectivity index (χ1v) is 19.9. The Balaban J connectivity index is 1.30. The van der Waals surface area contributed by atoms with E-state index in [1.807, 2.05) is 0 Å².